The molecule has 0 bridgehead atoms. The van der Waals surface area contributed by atoms with E-state index in [1.54, 1.807) is 0 Å². The maximum Gasteiger partial charge on any atom is 0.225 e. The van der Waals surface area contributed by atoms with Crippen LogP contribution in [-0.2, 0) is 4.79 Å². The quantitative estimate of drug-likeness (QED) is 0.884. The summed E-state index contributed by atoms with van der Waals surface area (Å²) in [7, 11) is 0. The van der Waals surface area contributed by atoms with Gasteiger partial charge in [0.15, 0.2) is 0 Å². The maximum absolute atomic E-state index is 12.8. The molecule has 1 rings (SSSR count). The number of nitrogens with one attached hydrogen (secondary N) is 2. The van der Waals surface area contributed by atoms with Crippen molar-refractivity contribution in [1.29, 1.82) is 0 Å². The zero-order chi connectivity index (χ0) is 13.8. The molecular weight excluding hydrogens is 255 g/mol. The number of benzene rings is 1. The maximum atomic E-state index is 12.8. The molecule has 0 unspecified atom stereocenters. The van der Waals surface area contributed by atoms with Crippen LogP contribution >= 0.6 is 11.6 Å². The van der Waals surface area contributed by atoms with Gasteiger partial charge in [0.25, 0.3) is 0 Å². The average Bonchev–Trinajstić information content (AvgIpc) is 2.20. The van der Waals surface area contributed by atoms with Crippen LogP contribution < -0.4 is 10.6 Å². The van der Waals surface area contributed by atoms with Gasteiger partial charge in [0, 0.05) is 18.5 Å². The van der Waals surface area contributed by atoms with Crippen LogP contribution in [-0.4, -0.2) is 18.0 Å². The Morgan fingerprint density at radius 1 is 1.39 bits per heavy atom. The highest BCUT2D eigenvalue weighted by molar-refractivity contribution is 6.33. The van der Waals surface area contributed by atoms with Crippen molar-refractivity contribution < 1.29 is 9.18 Å². The van der Waals surface area contributed by atoms with Crippen molar-refractivity contribution in [3.63, 3.8) is 0 Å². The monoisotopic (exact) mass is 272 g/mol. The van der Waals surface area contributed by atoms with E-state index in [1.165, 1.54) is 18.2 Å². The van der Waals surface area contributed by atoms with Crippen molar-refractivity contribution >= 4 is 23.2 Å². The molecule has 0 aliphatic rings. The number of carbonyl (C=O) groups excluding carboxylic acids is 1. The predicted molar refractivity (Wildman–Crippen MR) is 72.4 cm³/mol. The first-order valence-electron chi connectivity index (χ1n) is 5.78. The third kappa shape index (κ3) is 5.47. The molecule has 0 fully saturated rings. The number of halogens is 2. The molecule has 100 valence electrons. The summed E-state index contributed by atoms with van der Waals surface area (Å²) in [5.74, 6) is -0.576. The Balaban J connectivity index is 2.45. The Morgan fingerprint density at radius 2 is 2.06 bits per heavy atom. The highest BCUT2D eigenvalue weighted by Gasteiger charge is 2.10. The van der Waals surface area contributed by atoms with Gasteiger partial charge in [-0.25, -0.2) is 4.39 Å². The van der Waals surface area contributed by atoms with Gasteiger partial charge in [-0.05, 0) is 39.0 Å². The van der Waals surface area contributed by atoms with Crippen molar-refractivity contribution in [2.45, 2.75) is 32.7 Å². The predicted octanol–water partition coefficient (Wildman–Crippen LogP) is 3.20. The van der Waals surface area contributed by atoms with E-state index in [4.69, 9.17) is 11.6 Å². The summed E-state index contributed by atoms with van der Waals surface area (Å²) in [5.41, 5.74) is 0.409. The lowest BCUT2D eigenvalue weighted by molar-refractivity contribution is -0.116. The van der Waals surface area contributed by atoms with Crippen LogP contribution in [0.5, 0.6) is 0 Å². The Bertz CT molecular complexity index is 429. The van der Waals surface area contributed by atoms with E-state index in [9.17, 15) is 9.18 Å². The van der Waals surface area contributed by atoms with E-state index in [1.807, 2.05) is 20.8 Å². The second kappa shape index (κ2) is 6.16. The molecule has 2 N–H and O–H groups in total. The lowest BCUT2D eigenvalue weighted by atomic mass is 10.1. The molecule has 0 saturated carbocycles. The summed E-state index contributed by atoms with van der Waals surface area (Å²) in [5, 5.41) is 6.06. The van der Waals surface area contributed by atoms with Gasteiger partial charge >= 0.3 is 0 Å². The van der Waals surface area contributed by atoms with Crippen molar-refractivity contribution in [2.24, 2.45) is 0 Å². The Kier molecular flexibility index (Phi) is 5.11. The highest BCUT2D eigenvalue weighted by Crippen LogP contribution is 2.22. The van der Waals surface area contributed by atoms with Crippen molar-refractivity contribution in [1.82, 2.24) is 5.32 Å². The number of rotatable bonds is 4. The number of amides is 1. The Hall–Kier alpha value is -1.13. The minimum absolute atomic E-state index is 0.0200. The Labute approximate surface area is 112 Å². The molecule has 0 aliphatic heterocycles. The number of anilines is 1. The molecule has 18 heavy (non-hydrogen) atoms. The molecule has 0 spiro atoms. The number of hydrogen-bond donors (Lipinski definition) is 2. The van der Waals surface area contributed by atoms with E-state index in [0.717, 1.165) is 0 Å². The third-order valence-corrected chi connectivity index (χ3v) is 2.53. The van der Waals surface area contributed by atoms with Crippen molar-refractivity contribution in [3.05, 3.63) is 29.0 Å². The second-order valence-electron chi connectivity index (χ2n) is 5.10. The first-order valence-corrected chi connectivity index (χ1v) is 6.16. The van der Waals surface area contributed by atoms with Crippen LogP contribution in [0.25, 0.3) is 0 Å². The van der Waals surface area contributed by atoms with Crippen LogP contribution in [0.15, 0.2) is 18.2 Å². The van der Waals surface area contributed by atoms with Crippen molar-refractivity contribution in [3.8, 4) is 0 Å². The molecule has 3 nitrogen and oxygen atoms in total. The van der Waals surface area contributed by atoms with Crippen LogP contribution in [0.2, 0.25) is 5.02 Å². The van der Waals surface area contributed by atoms with Gasteiger partial charge in [-0.2, -0.15) is 0 Å². The molecule has 0 heterocycles. The molecule has 0 saturated heterocycles. The van der Waals surface area contributed by atoms with Crippen LogP contribution in [0, 0.1) is 5.82 Å². The standard InChI is InChI=1S/C13H18ClFN2O/c1-13(2,3)16-7-6-12(18)17-11-5-4-9(15)8-10(11)14/h4-5,8,16H,6-7H2,1-3H3,(H,17,18). The average molecular weight is 273 g/mol. The zero-order valence-electron chi connectivity index (χ0n) is 10.8. The molecule has 0 atom stereocenters. The fourth-order valence-corrected chi connectivity index (χ4v) is 1.57. The SMILES string of the molecule is CC(C)(C)NCCC(=O)Nc1ccc(F)cc1Cl. The number of hydrogen-bond acceptors (Lipinski definition) is 2. The summed E-state index contributed by atoms with van der Waals surface area (Å²) >= 11 is 5.81. The fraction of sp³-hybridized carbons (Fsp3) is 0.462. The molecular formula is C13H18ClFN2O. The van der Waals surface area contributed by atoms with Gasteiger partial charge in [0.05, 0.1) is 10.7 Å². The number of carbonyl (C=O) groups is 1. The van der Waals surface area contributed by atoms with Gasteiger partial charge in [-0.1, -0.05) is 11.6 Å². The summed E-state index contributed by atoms with van der Waals surface area (Å²) in [6, 6.07) is 3.88. The van der Waals surface area contributed by atoms with Gasteiger partial charge < -0.3 is 10.6 Å². The topological polar surface area (TPSA) is 41.1 Å². The lowest BCUT2D eigenvalue weighted by Gasteiger charge is -2.20. The van der Waals surface area contributed by atoms with E-state index < -0.39 is 5.82 Å². The normalized spacial score (nSPS) is 11.4. The minimum Gasteiger partial charge on any atom is -0.325 e. The van der Waals surface area contributed by atoms with Crippen LogP contribution in [0.1, 0.15) is 27.2 Å². The molecule has 5 heteroatoms. The van der Waals surface area contributed by atoms with Gasteiger partial charge in [0.2, 0.25) is 5.91 Å². The Morgan fingerprint density at radius 3 is 2.61 bits per heavy atom. The summed E-state index contributed by atoms with van der Waals surface area (Å²) < 4.78 is 12.8. The van der Waals surface area contributed by atoms with Crippen molar-refractivity contribution in [2.75, 3.05) is 11.9 Å². The van der Waals surface area contributed by atoms with Gasteiger partial charge in [-0.15, -0.1) is 0 Å². The first-order chi connectivity index (χ1) is 8.28. The molecule has 0 aliphatic carbocycles. The molecule has 0 aromatic heterocycles. The van der Waals surface area contributed by atoms with Crippen LogP contribution in [0.3, 0.4) is 0 Å². The summed E-state index contributed by atoms with van der Waals surface area (Å²) in [6.07, 6.45) is 0.338. The molecule has 0 radical (unpaired) electrons. The first kappa shape index (κ1) is 14.9. The molecule has 1 aromatic carbocycles. The molecule has 1 aromatic rings. The van der Waals surface area contributed by atoms with E-state index >= 15 is 0 Å². The minimum atomic E-state index is -0.424. The van der Waals surface area contributed by atoms with E-state index in [2.05, 4.69) is 10.6 Å². The van der Waals surface area contributed by atoms with Gasteiger partial charge in [0.1, 0.15) is 5.82 Å². The lowest BCUT2D eigenvalue weighted by Crippen LogP contribution is -2.37. The summed E-state index contributed by atoms with van der Waals surface area (Å²) in [6.45, 7) is 6.67. The van der Waals surface area contributed by atoms with Gasteiger partial charge in [-0.3, -0.25) is 4.79 Å². The van der Waals surface area contributed by atoms with Crippen LogP contribution in [0.4, 0.5) is 10.1 Å². The zero-order valence-corrected chi connectivity index (χ0v) is 11.6. The van der Waals surface area contributed by atoms with E-state index in [-0.39, 0.29) is 16.5 Å². The summed E-state index contributed by atoms with van der Waals surface area (Å²) in [4.78, 5) is 11.6. The fourth-order valence-electron chi connectivity index (χ4n) is 1.35. The smallest absolute Gasteiger partial charge is 0.225 e. The highest BCUT2D eigenvalue weighted by atomic mass is 35.5. The van der Waals surface area contributed by atoms with E-state index in [0.29, 0.717) is 18.7 Å². The largest absolute Gasteiger partial charge is 0.325 e. The second-order valence-corrected chi connectivity index (χ2v) is 5.51. The third-order valence-electron chi connectivity index (χ3n) is 2.21. The molecule has 1 amide bonds.